The molecule has 4 nitrogen and oxygen atoms in total. The molecule has 0 radical (unpaired) electrons. The van der Waals surface area contributed by atoms with Crippen molar-refractivity contribution in [3.63, 3.8) is 0 Å². The van der Waals surface area contributed by atoms with Gasteiger partial charge in [-0.3, -0.25) is 14.3 Å². The monoisotopic (exact) mass is 319 g/mol. The Labute approximate surface area is 120 Å². The molecule has 0 saturated heterocycles. The number of hydrogen-bond acceptors (Lipinski definition) is 3. The number of nitrogens with one attached hydrogen (secondary N) is 1. The molecule has 0 saturated carbocycles. The second-order valence-electron chi connectivity index (χ2n) is 4.63. The maximum atomic E-state index is 12.5. The summed E-state index contributed by atoms with van der Waals surface area (Å²) < 4.78 is 2.64. The van der Waals surface area contributed by atoms with Crippen LogP contribution in [0.15, 0.2) is 35.2 Å². The second kappa shape index (κ2) is 5.27. The van der Waals surface area contributed by atoms with E-state index >= 15 is 0 Å². The third kappa shape index (κ3) is 2.48. The molecule has 0 aromatic carbocycles. The molecular formula is C14H14BrN3O. The minimum atomic E-state index is 0.0861. The quantitative estimate of drug-likeness (QED) is 0.922. The molecular weight excluding hydrogens is 306 g/mol. The normalized spacial score (nSPS) is 14.2. The Kier molecular flexibility index (Phi) is 3.48. The van der Waals surface area contributed by atoms with Crippen molar-refractivity contribution < 1.29 is 4.79 Å². The van der Waals surface area contributed by atoms with E-state index in [2.05, 4.69) is 26.2 Å². The highest BCUT2D eigenvalue weighted by molar-refractivity contribution is 9.10. The van der Waals surface area contributed by atoms with Gasteiger partial charge in [0.25, 0.3) is 0 Å². The highest BCUT2D eigenvalue weighted by Gasteiger charge is 2.20. The van der Waals surface area contributed by atoms with Gasteiger partial charge in [0.2, 0.25) is 5.91 Å². The van der Waals surface area contributed by atoms with Gasteiger partial charge in [0.15, 0.2) is 0 Å². The third-order valence-electron chi connectivity index (χ3n) is 3.33. The van der Waals surface area contributed by atoms with Crippen LogP contribution in [0.2, 0.25) is 0 Å². The Morgan fingerprint density at radius 1 is 1.53 bits per heavy atom. The van der Waals surface area contributed by atoms with E-state index in [9.17, 15) is 4.79 Å². The van der Waals surface area contributed by atoms with E-state index < -0.39 is 0 Å². The molecule has 1 N–H and O–H groups in total. The first-order valence-corrected chi connectivity index (χ1v) is 7.07. The Morgan fingerprint density at radius 3 is 3.21 bits per heavy atom. The molecule has 0 spiro atoms. The van der Waals surface area contributed by atoms with Gasteiger partial charge < -0.3 is 5.32 Å². The summed E-state index contributed by atoms with van der Waals surface area (Å²) in [5, 5.41) is 3.31. The molecule has 0 atom stereocenters. The fourth-order valence-corrected chi connectivity index (χ4v) is 3.13. The van der Waals surface area contributed by atoms with Crippen molar-refractivity contribution in [3.8, 4) is 0 Å². The average Bonchev–Trinajstić information content (AvgIpc) is 2.75. The maximum absolute atomic E-state index is 12.5. The van der Waals surface area contributed by atoms with Gasteiger partial charge in [-0.05, 0) is 39.2 Å². The molecule has 0 unspecified atom stereocenters. The van der Waals surface area contributed by atoms with Crippen molar-refractivity contribution in [2.75, 3.05) is 6.54 Å². The fraction of sp³-hybridized carbons (Fsp3) is 0.286. The van der Waals surface area contributed by atoms with E-state index in [1.165, 1.54) is 5.56 Å². The smallest absolute Gasteiger partial charge is 0.236 e. The van der Waals surface area contributed by atoms with Crippen LogP contribution in [0.1, 0.15) is 21.6 Å². The summed E-state index contributed by atoms with van der Waals surface area (Å²) in [5.41, 5.74) is 3.27. The zero-order valence-electron chi connectivity index (χ0n) is 10.4. The van der Waals surface area contributed by atoms with Gasteiger partial charge in [-0.15, -0.1) is 0 Å². The summed E-state index contributed by atoms with van der Waals surface area (Å²) in [6.45, 7) is 1.75. The number of carbonyl (C=O) groups excluding carboxylic acids is 1. The topological polar surface area (TPSA) is 46.9 Å². The van der Waals surface area contributed by atoms with Crippen molar-refractivity contribution in [2.45, 2.75) is 19.4 Å². The number of halogens is 1. The number of carbonyl (C=O) groups is 1. The molecule has 19 heavy (non-hydrogen) atoms. The van der Waals surface area contributed by atoms with Crippen LogP contribution in [-0.4, -0.2) is 22.0 Å². The molecule has 98 valence electrons. The van der Waals surface area contributed by atoms with Gasteiger partial charge in [-0.2, -0.15) is 0 Å². The van der Waals surface area contributed by atoms with Crippen LogP contribution in [0.3, 0.4) is 0 Å². The zero-order valence-corrected chi connectivity index (χ0v) is 12.0. The molecule has 3 rings (SSSR count). The van der Waals surface area contributed by atoms with Gasteiger partial charge >= 0.3 is 0 Å². The summed E-state index contributed by atoms with van der Waals surface area (Å²) in [4.78, 5) is 16.5. The number of hydrogen-bond donors (Lipinski definition) is 1. The van der Waals surface area contributed by atoms with Crippen molar-refractivity contribution in [3.05, 3.63) is 52.0 Å². The largest absolute Gasteiger partial charge is 0.312 e. The Bertz CT molecular complexity index is 607. The van der Waals surface area contributed by atoms with Gasteiger partial charge in [-0.1, -0.05) is 6.07 Å². The van der Waals surface area contributed by atoms with Crippen LogP contribution >= 0.6 is 15.9 Å². The third-order valence-corrected chi connectivity index (χ3v) is 3.91. The predicted octanol–water partition coefficient (Wildman–Crippen LogP) is 2.17. The predicted molar refractivity (Wildman–Crippen MR) is 76.1 cm³/mol. The Morgan fingerprint density at radius 2 is 2.42 bits per heavy atom. The Hall–Kier alpha value is -1.46. The van der Waals surface area contributed by atoms with Crippen molar-refractivity contribution >= 4 is 21.8 Å². The Balaban J connectivity index is 1.90. The molecule has 2 aromatic heterocycles. The maximum Gasteiger partial charge on any atom is 0.236 e. The SMILES string of the molecule is O=C(Cc1cccnc1)n1c(Br)cc2c1CCNC2. The average molecular weight is 320 g/mol. The van der Waals surface area contributed by atoms with Crippen LogP contribution in [0.5, 0.6) is 0 Å². The van der Waals surface area contributed by atoms with Crippen LogP contribution < -0.4 is 5.32 Å². The molecule has 3 heterocycles. The van der Waals surface area contributed by atoms with E-state index in [-0.39, 0.29) is 5.91 Å². The molecule has 0 fully saturated rings. The summed E-state index contributed by atoms with van der Waals surface area (Å²) in [5.74, 6) is 0.0861. The van der Waals surface area contributed by atoms with E-state index in [1.807, 2.05) is 18.2 Å². The molecule has 2 aromatic rings. The number of rotatable bonds is 2. The molecule has 0 bridgehead atoms. The van der Waals surface area contributed by atoms with Crippen LogP contribution in [0.25, 0.3) is 0 Å². The van der Waals surface area contributed by atoms with Crippen molar-refractivity contribution in [1.82, 2.24) is 14.9 Å². The van der Waals surface area contributed by atoms with E-state index in [4.69, 9.17) is 0 Å². The van der Waals surface area contributed by atoms with Crippen molar-refractivity contribution in [1.29, 1.82) is 0 Å². The van der Waals surface area contributed by atoms with Crippen molar-refractivity contribution in [2.24, 2.45) is 0 Å². The fourth-order valence-electron chi connectivity index (χ4n) is 2.45. The highest BCUT2D eigenvalue weighted by atomic mass is 79.9. The highest BCUT2D eigenvalue weighted by Crippen LogP contribution is 2.24. The van der Waals surface area contributed by atoms with Gasteiger partial charge in [0.05, 0.1) is 11.0 Å². The number of pyridine rings is 1. The second-order valence-corrected chi connectivity index (χ2v) is 5.45. The lowest BCUT2D eigenvalue weighted by Gasteiger charge is -2.16. The van der Waals surface area contributed by atoms with Crippen LogP contribution in [0.4, 0.5) is 0 Å². The molecule has 0 aliphatic carbocycles. The first-order valence-electron chi connectivity index (χ1n) is 6.27. The standard InChI is InChI=1S/C14H14BrN3O/c15-13-7-11-9-17-5-3-12(11)18(13)14(19)6-10-2-1-4-16-8-10/h1-2,4,7-8,17H,3,5-6,9H2. The summed E-state index contributed by atoms with van der Waals surface area (Å²) in [7, 11) is 0. The van der Waals surface area contributed by atoms with E-state index in [0.29, 0.717) is 6.42 Å². The summed E-state index contributed by atoms with van der Waals surface area (Å²) in [6, 6.07) is 5.81. The molecule has 1 aliphatic rings. The van der Waals surface area contributed by atoms with Gasteiger partial charge in [-0.25, -0.2) is 0 Å². The first kappa shape index (κ1) is 12.6. The summed E-state index contributed by atoms with van der Waals surface area (Å²) >= 11 is 3.49. The first-order chi connectivity index (χ1) is 9.25. The van der Waals surface area contributed by atoms with Crippen LogP contribution in [0, 0.1) is 0 Å². The zero-order chi connectivity index (χ0) is 13.2. The summed E-state index contributed by atoms with van der Waals surface area (Å²) in [6.07, 6.45) is 4.72. The van der Waals surface area contributed by atoms with Crippen LogP contribution in [-0.2, 0) is 19.4 Å². The minimum absolute atomic E-state index is 0.0861. The lowest BCUT2D eigenvalue weighted by molar-refractivity contribution is 0.0908. The number of nitrogens with zero attached hydrogens (tertiary/aromatic N) is 2. The number of aromatic nitrogens is 2. The lowest BCUT2D eigenvalue weighted by Crippen LogP contribution is -2.26. The van der Waals surface area contributed by atoms with E-state index in [1.54, 1.807) is 17.0 Å². The number of fused-ring (bicyclic) bond motifs is 1. The molecule has 0 amide bonds. The van der Waals surface area contributed by atoms with E-state index in [0.717, 1.165) is 35.4 Å². The molecule has 5 heteroatoms. The minimum Gasteiger partial charge on any atom is -0.312 e. The van der Waals surface area contributed by atoms with Gasteiger partial charge in [0.1, 0.15) is 0 Å². The molecule has 1 aliphatic heterocycles. The van der Waals surface area contributed by atoms with Gasteiger partial charge in [0, 0.05) is 37.6 Å². The lowest BCUT2D eigenvalue weighted by atomic mass is 10.1.